The predicted octanol–water partition coefficient (Wildman–Crippen LogP) is 4.50. The summed E-state index contributed by atoms with van der Waals surface area (Å²) in [5.74, 6) is 2.98. The van der Waals surface area contributed by atoms with Gasteiger partial charge in [0, 0.05) is 0 Å². The van der Waals surface area contributed by atoms with Gasteiger partial charge in [0.25, 0.3) is 0 Å². The molecule has 3 atom stereocenters. The van der Waals surface area contributed by atoms with Crippen LogP contribution in [-0.2, 0) is 0 Å². The van der Waals surface area contributed by atoms with Crippen molar-refractivity contribution in [3.63, 3.8) is 0 Å². The number of hydrogen-bond donors (Lipinski definition) is 0. The molecule has 0 nitrogen and oxygen atoms in total. The van der Waals surface area contributed by atoms with Crippen LogP contribution in [0.5, 0.6) is 0 Å². The summed E-state index contributed by atoms with van der Waals surface area (Å²) in [6.07, 6.45) is 4.43. The van der Waals surface area contributed by atoms with Crippen LogP contribution in [0.4, 0.5) is 0 Å². The first-order valence-electron chi connectivity index (χ1n) is 5.99. The molecule has 82 valence electrons. The molecule has 14 heavy (non-hydrogen) atoms. The predicted molar refractivity (Wildman–Crippen MR) is 66.2 cm³/mol. The van der Waals surface area contributed by atoms with E-state index in [1.807, 2.05) is 0 Å². The second-order valence-electron chi connectivity index (χ2n) is 6.62. The van der Waals surface area contributed by atoms with E-state index < -0.39 is 7.38 Å². The maximum atomic E-state index is 6.48. The highest BCUT2D eigenvalue weighted by Crippen LogP contribution is 2.62. The molecule has 3 aliphatic rings. The second-order valence-corrected chi connectivity index (χ2v) is 13.5. The summed E-state index contributed by atoms with van der Waals surface area (Å²) < 4.78 is 0. The molecule has 0 radical (unpaired) electrons. The van der Waals surface area contributed by atoms with E-state index >= 15 is 0 Å². The van der Waals surface area contributed by atoms with Gasteiger partial charge in [-0.2, -0.15) is 11.1 Å². The van der Waals surface area contributed by atoms with Crippen LogP contribution in [0.2, 0.25) is 19.1 Å². The zero-order valence-corrected chi connectivity index (χ0v) is 11.7. The molecule has 0 aromatic heterocycles. The Balaban J connectivity index is 2.01. The van der Waals surface area contributed by atoms with Gasteiger partial charge in [0.15, 0.2) is 7.38 Å². The molecule has 0 heterocycles. The van der Waals surface area contributed by atoms with Gasteiger partial charge in [0.1, 0.15) is 0 Å². The summed E-state index contributed by atoms with van der Waals surface area (Å²) in [5.41, 5.74) is 0.638. The van der Waals surface area contributed by atoms with Crippen LogP contribution in [0.3, 0.4) is 0 Å². The molecule has 1 unspecified atom stereocenters. The average Bonchev–Trinajstić information content (AvgIpc) is 2.00. The number of hydrogen-bond acceptors (Lipinski definition) is 0. The van der Waals surface area contributed by atoms with E-state index in [0.29, 0.717) is 5.41 Å². The lowest BCUT2D eigenvalue weighted by Gasteiger charge is -2.60. The van der Waals surface area contributed by atoms with Crippen molar-refractivity contribution in [2.75, 3.05) is 0 Å². The van der Waals surface area contributed by atoms with Crippen molar-refractivity contribution in [3.8, 4) is 0 Å². The standard InChI is InChI=1S/C12H23ClSi/c1-12(2)10-6-5-9(11(12)7-10)8-14(3,4)13/h9-11H,5-8H2,1-4H3/t9?,10-,11-/m1/s1. The highest BCUT2D eigenvalue weighted by atomic mass is 35.6. The van der Waals surface area contributed by atoms with Crippen molar-refractivity contribution < 1.29 is 0 Å². The fourth-order valence-corrected chi connectivity index (χ4v) is 6.16. The normalized spacial score (nSPS) is 40.5. The first kappa shape index (κ1) is 11.0. The summed E-state index contributed by atoms with van der Waals surface area (Å²) in [7, 11) is -1.35. The van der Waals surface area contributed by atoms with Crippen LogP contribution >= 0.6 is 11.1 Å². The van der Waals surface area contributed by atoms with Gasteiger partial charge in [0.05, 0.1) is 0 Å². The van der Waals surface area contributed by atoms with Gasteiger partial charge in [-0.15, -0.1) is 0 Å². The molecule has 3 rings (SSSR count). The fourth-order valence-electron chi connectivity index (χ4n) is 3.83. The monoisotopic (exact) mass is 230 g/mol. The first-order valence-corrected chi connectivity index (χ1v) is 10.2. The maximum absolute atomic E-state index is 6.48. The van der Waals surface area contributed by atoms with E-state index in [1.165, 1.54) is 25.3 Å². The molecule has 0 saturated heterocycles. The zero-order chi connectivity index (χ0) is 10.6. The minimum atomic E-state index is -1.35. The Hall–Kier alpha value is 0.507. The van der Waals surface area contributed by atoms with Gasteiger partial charge in [-0.25, -0.2) is 0 Å². The van der Waals surface area contributed by atoms with E-state index in [1.54, 1.807) is 0 Å². The Labute approximate surface area is 94.1 Å². The lowest BCUT2D eigenvalue weighted by Crippen LogP contribution is -2.53. The van der Waals surface area contributed by atoms with Crippen LogP contribution in [0.15, 0.2) is 0 Å². The summed E-state index contributed by atoms with van der Waals surface area (Å²) in [4.78, 5) is 0. The fraction of sp³-hybridized carbons (Fsp3) is 1.00. The number of rotatable bonds is 2. The van der Waals surface area contributed by atoms with Gasteiger partial charge in [-0.3, -0.25) is 0 Å². The molecular formula is C12H23ClSi. The van der Waals surface area contributed by atoms with Crippen molar-refractivity contribution in [3.05, 3.63) is 0 Å². The van der Waals surface area contributed by atoms with Crippen molar-refractivity contribution in [1.29, 1.82) is 0 Å². The van der Waals surface area contributed by atoms with Gasteiger partial charge in [0.2, 0.25) is 0 Å². The summed E-state index contributed by atoms with van der Waals surface area (Å²) in [6.45, 7) is 9.54. The Morgan fingerprint density at radius 1 is 1.29 bits per heavy atom. The largest absolute Gasteiger partial charge is 0.168 e. The van der Waals surface area contributed by atoms with Crippen LogP contribution < -0.4 is 0 Å². The van der Waals surface area contributed by atoms with E-state index in [-0.39, 0.29) is 0 Å². The summed E-state index contributed by atoms with van der Waals surface area (Å²) in [6, 6.07) is 1.34. The van der Waals surface area contributed by atoms with Gasteiger partial charge >= 0.3 is 0 Å². The summed E-state index contributed by atoms with van der Waals surface area (Å²) >= 11 is 6.48. The number of fused-ring (bicyclic) bond motifs is 2. The molecule has 0 aromatic rings. The number of halogens is 1. The quantitative estimate of drug-likeness (QED) is 0.484. The Morgan fingerprint density at radius 3 is 2.36 bits per heavy atom. The second kappa shape index (κ2) is 3.25. The van der Waals surface area contributed by atoms with E-state index in [9.17, 15) is 0 Å². The average molecular weight is 231 g/mol. The summed E-state index contributed by atoms with van der Waals surface area (Å²) in [5, 5.41) is 0. The molecule has 2 heteroatoms. The van der Waals surface area contributed by atoms with E-state index in [0.717, 1.165) is 17.8 Å². The third kappa shape index (κ3) is 1.78. The molecule has 3 fully saturated rings. The SMILES string of the molecule is CC1(C)[C@@H]2CCC(C[Si](C)(C)Cl)[C@H]1C2. The van der Waals surface area contributed by atoms with E-state index in [2.05, 4.69) is 26.9 Å². The van der Waals surface area contributed by atoms with E-state index in [4.69, 9.17) is 11.1 Å². The smallest absolute Gasteiger partial charge is 0.150 e. The van der Waals surface area contributed by atoms with Crippen LogP contribution in [-0.4, -0.2) is 7.38 Å². The highest BCUT2D eigenvalue weighted by Gasteiger charge is 2.54. The lowest BCUT2D eigenvalue weighted by atomic mass is 9.46. The third-order valence-corrected chi connectivity index (χ3v) is 6.71. The van der Waals surface area contributed by atoms with Crippen molar-refractivity contribution in [2.45, 2.75) is 52.2 Å². The lowest BCUT2D eigenvalue weighted by molar-refractivity contribution is -0.0989. The molecular weight excluding hydrogens is 208 g/mol. The Morgan fingerprint density at radius 2 is 1.93 bits per heavy atom. The van der Waals surface area contributed by atoms with Crippen molar-refractivity contribution in [2.24, 2.45) is 23.2 Å². The van der Waals surface area contributed by atoms with Crippen LogP contribution in [0.25, 0.3) is 0 Å². The Bertz CT molecular complexity index is 227. The molecule has 2 bridgehead atoms. The molecule has 3 saturated carbocycles. The van der Waals surface area contributed by atoms with Gasteiger partial charge in [-0.1, -0.05) is 33.4 Å². The highest BCUT2D eigenvalue weighted by molar-refractivity contribution is 7.19. The third-order valence-electron chi connectivity index (χ3n) is 4.75. The molecule has 0 aromatic carbocycles. The first-order chi connectivity index (χ1) is 6.31. The zero-order valence-electron chi connectivity index (χ0n) is 9.94. The van der Waals surface area contributed by atoms with Crippen molar-refractivity contribution >= 4 is 18.5 Å². The minimum Gasteiger partial charge on any atom is -0.168 e. The maximum Gasteiger partial charge on any atom is 0.150 e. The topological polar surface area (TPSA) is 0 Å². The molecule has 0 amide bonds. The van der Waals surface area contributed by atoms with Gasteiger partial charge < -0.3 is 0 Å². The van der Waals surface area contributed by atoms with Gasteiger partial charge in [-0.05, 0) is 42.1 Å². The molecule has 3 aliphatic carbocycles. The van der Waals surface area contributed by atoms with Crippen LogP contribution in [0.1, 0.15) is 33.1 Å². The molecule has 0 aliphatic heterocycles. The van der Waals surface area contributed by atoms with Crippen molar-refractivity contribution in [1.82, 2.24) is 0 Å². The Kier molecular flexibility index (Phi) is 2.55. The van der Waals surface area contributed by atoms with Crippen LogP contribution in [0, 0.1) is 23.2 Å². The molecule has 0 N–H and O–H groups in total. The minimum absolute atomic E-state index is 0.638. The molecule has 0 spiro atoms.